The average molecular weight is 410 g/mol. The molecule has 0 bridgehead atoms. The number of nitro groups is 2. The van der Waals surface area contributed by atoms with Gasteiger partial charge in [0, 0.05) is 44.4 Å². The van der Waals surface area contributed by atoms with E-state index in [0.29, 0.717) is 19.1 Å². The number of piperidine rings is 1. The van der Waals surface area contributed by atoms with Crippen LogP contribution in [0, 0.1) is 20.2 Å². The normalized spacial score (nSPS) is 17.4. The quantitative estimate of drug-likeness (QED) is 0.566. The number of rotatable bonds is 4. The first kappa shape index (κ1) is 20.0. The summed E-state index contributed by atoms with van der Waals surface area (Å²) in [5, 5.41) is 22.2. The molecular formula is C21H22N4O5. The second-order valence-corrected chi connectivity index (χ2v) is 7.76. The zero-order valence-corrected chi connectivity index (χ0v) is 16.4. The maximum absolute atomic E-state index is 12.9. The van der Waals surface area contributed by atoms with Crippen molar-refractivity contribution in [2.24, 2.45) is 0 Å². The molecule has 156 valence electrons. The number of fused-ring (bicyclic) bond motifs is 1. The second kappa shape index (κ2) is 8.19. The van der Waals surface area contributed by atoms with Crippen molar-refractivity contribution in [1.29, 1.82) is 0 Å². The first-order valence-corrected chi connectivity index (χ1v) is 9.96. The highest BCUT2D eigenvalue weighted by atomic mass is 16.6. The van der Waals surface area contributed by atoms with Crippen molar-refractivity contribution in [2.75, 3.05) is 19.6 Å². The van der Waals surface area contributed by atoms with Gasteiger partial charge in [0.1, 0.15) is 0 Å². The molecule has 1 fully saturated rings. The minimum Gasteiger partial charge on any atom is -0.339 e. The molecular weight excluding hydrogens is 388 g/mol. The molecule has 4 rings (SSSR count). The lowest BCUT2D eigenvalue weighted by Gasteiger charge is -2.40. The van der Waals surface area contributed by atoms with Gasteiger partial charge in [0.2, 0.25) is 0 Å². The fourth-order valence-corrected chi connectivity index (χ4v) is 4.38. The lowest BCUT2D eigenvalue weighted by Crippen LogP contribution is -2.48. The van der Waals surface area contributed by atoms with Crippen LogP contribution in [0.1, 0.15) is 34.3 Å². The number of non-ortho nitro benzene ring substituents is 2. The number of carbonyl (C=O) groups is 1. The Morgan fingerprint density at radius 2 is 1.50 bits per heavy atom. The van der Waals surface area contributed by atoms with E-state index in [1.165, 1.54) is 11.1 Å². The molecule has 0 aromatic heterocycles. The van der Waals surface area contributed by atoms with Crippen LogP contribution in [0.15, 0.2) is 42.5 Å². The summed E-state index contributed by atoms with van der Waals surface area (Å²) in [6, 6.07) is 11.9. The molecule has 0 N–H and O–H groups in total. The second-order valence-electron chi connectivity index (χ2n) is 7.76. The largest absolute Gasteiger partial charge is 0.339 e. The molecule has 0 aliphatic carbocycles. The first-order chi connectivity index (χ1) is 14.4. The van der Waals surface area contributed by atoms with Gasteiger partial charge in [-0.25, -0.2) is 0 Å². The van der Waals surface area contributed by atoms with Crippen molar-refractivity contribution in [3.05, 3.63) is 79.4 Å². The van der Waals surface area contributed by atoms with E-state index in [1.807, 2.05) is 0 Å². The van der Waals surface area contributed by atoms with E-state index >= 15 is 0 Å². The van der Waals surface area contributed by atoms with Crippen molar-refractivity contribution in [1.82, 2.24) is 9.80 Å². The van der Waals surface area contributed by atoms with E-state index in [1.54, 1.807) is 4.90 Å². The predicted octanol–water partition coefficient (Wildman–Crippen LogP) is 3.17. The molecule has 0 atom stereocenters. The lowest BCUT2D eigenvalue weighted by atomic mass is 9.95. The zero-order chi connectivity index (χ0) is 21.3. The van der Waals surface area contributed by atoms with Gasteiger partial charge in [0.15, 0.2) is 0 Å². The first-order valence-electron chi connectivity index (χ1n) is 9.96. The van der Waals surface area contributed by atoms with E-state index in [2.05, 4.69) is 29.2 Å². The summed E-state index contributed by atoms with van der Waals surface area (Å²) in [5.41, 5.74) is 1.84. The minimum atomic E-state index is -0.718. The Bertz CT molecular complexity index is 968. The molecule has 0 radical (unpaired) electrons. The van der Waals surface area contributed by atoms with Crippen LogP contribution in [0.2, 0.25) is 0 Å². The van der Waals surface area contributed by atoms with E-state index in [-0.39, 0.29) is 5.56 Å². The predicted molar refractivity (Wildman–Crippen MR) is 109 cm³/mol. The van der Waals surface area contributed by atoms with Gasteiger partial charge >= 0.3 is 0 Å². The van der Waals surface area contributed by atoms with Gasteiger partial charge in [-0.1, -0.05) is 24.3 Å². The highest BCUT2D eigenvalue weighted by Gasteiger charge is 2.30. The summed E-state index contributed by atoms with van der Waals surface area (Å²) >= 11 is 0. The lowest BCUT2D eigenvalue weighted by molar-refractivity contribution is -0.394. The number of benzene rings is 2. The van der Waals surface area contributed by atoms with Crippen LogP contribution in [0.3, 0.4) is 0 Å². The summed E-state index contributed by atoms with van der Waals surface area (Å²) in [5.74, 6) is -0.399. The number of hydrogen-bond donors (Lipinski definition) is 0. The minimum absolute atomic E-state index is 0.0127. The van der Waals surface area contributed by atoms with Gasteiger partial charge in [-0.2, -0.15) is 0 Å². The number of carbonyl (C=O) groups excluding carboxylic acids is 1. The van der Waals surface area contributed by atoms with Crippen molar-refractivity contribution < 1.29 is 14.6 Å². The Morgan fingerprint density at radius 3 is 2.10 bits per heavy atom. The summed E-state index contributed by atoms with van der Waals surface area (Å²) in [4.78, 5) is 37.7. The molecule has 0 saturated carbocycles. The smallest absolute Gasteiger partial charge is 0.277 e. The fraction of sp³-hybridized carbons (Fsp3) is 0.381. The molecule has 2 aliphatic rings. The molecule has 0 unspecified atom stereocenters. The molecule has 2 heterocycles. The molecule has 9 heteroatoms. The topological polar surface area (TPSA) is 110 Å². The fourth-order valence-electron chi connectivity index (χ4n) is 4.38. The summed E-state index contributed by atoms with van der Waals surface area (Å²) in [7, 11) is 0. The zero-order valence-electron chi connectivity index (χ0n) is 16.4. The van der Waals surface area contributed by atoms with Crippen molar-refractivity contribution >= 4 is 17.3 Å². The Labute approximate surface area is 173 Å². The highest BCUT2D eigenvalue weighted by Crippen LogP contribution is 2.27. The summed E-state index contributed by atoms with van der Waals surface area (Å²) in [6.45, 7) is 2.95. The van der Waals surface area contributed by atoms with Crippen LogP contribution >= 0.6 is 0 Å². The SMILES string of the molecule is O=C(c1cc([N+](=O)[O-])cc([N+](=O)[O-])c1)N1CCC(N2CCc3ccccc3C2)CC1. The Kier molecular flexibility index (Phi) is 5.45. The van der Waals surface area contributed by atoms with Crippen LogP contribution < -0.4 is 0 Å². The van der Waals surface area contributed by atoms with Gasteiger partial charge in [0.05, 0.1) is 21.5 Å². The van der Waals surface area contributed by atoms with E-state index < -0.39 is 27.1 Å². The monoisotopic (exact) mass is 410 g/mol. The van der Waals surface area contributed by atoms with Crippen molar-refractivity contribution in [3.63, 3.8) is 0 Å². The molecule has 30 heavy (non-hydrogen) atoms. The van der Waals surface area contributed by atoms with E-state index in [4.69, 9.17) is 0 Å². The molecule has 1 amide bonds. The Morgan fingerprint density at radius 1 is 0.900 bits per heavy atom. The molecule has 1 saturated heterocycles. The summed E-state index contributed by atoms with van der Waals surface area (Å²) in [6.07, 6.45) is 2.64. The number of hydrogen-bond acceptors (Lipinski definition) is 6. The van der Waals surface area contributed by atoms with Crippen LogP contribution in [0.4, 0.5) is 11.4 Å². The number of nitrogens with zero attached hydrogens (tertiary/aromatic N) is 4. The van der Waals surface area contributed by atoms with Gasteiger partial charge in [-0.15, -0.1) is 0 Å². The molecule has 9 nitrogen and oxygen atoms in total. The van der Waals surface area contributed by atoms with Crippen molar-refractivity contribution in [3.8, 4) is 0 Å². The summed E-state index contributed by atoms with van der Waals surface area (Å²) < 4.78 is 0. The van der Waals surface area contributed by atoms with E-state index in [9.17, 15) is 25.0 Å². The van der Waals surface area contributed by atoms with Crippen LogP contribution in [-0.4, -0.2) is 51.2 Å². The Balaban J connectivity index is 1.43. The standard InChI is InChI=1S/C21H22N4O5/c26-21(17-11-19(24(27)28)13-20(12-17)25(29)30)22-9-6-18(7-10-22)23-8-5-15-3-1-2-4-16(15)14-23/h1-4,11-13,18H,5-10,14H2. The molecule has 2 aliphatic heterocycles. The van der Waals surface area contributed by atoms with E-state index in [0.717, 1.165) is 50.6 Å². The van der Waals surface area contributed by atoms with Gasteiger partial charge in [-0.05, 0) is 30.4 Å². The third-order valence-electron chi connectivity index (χ3n) is 6.00. The maximum Gasteiger partial charge on any atom is 0.277 e. The number of likely N-dealkylation sites (tertiary alicyclic amines) is 1. The van der Waals surface area contributed by atoms with Gasteiger partial charge < -0.3 is 4.90 Å². The van der Waals surface area contributed by atoms with Crippen LogP contribution in [0.5, 0.6) is 0 Å². The maximum atomic E-state index is 12.9. The van der Waals surface area contributed by atoms with Gasteiger partial charge in [-0.3, -0.25) is 29.9 Å². The molecule has 2 aromatic rings. The Hall–Kier alpha value is -3.33. The average Bonchev–Trinajstić information content (AvgIpc) is 2.78. The van der Waals surface area contributed by atoms with Crippen LogP contribution in [0.25, 0.3) is 0 Å². The third kappa shape index (κ3) is 4.02. The van der Waals surface area contributed by atoms with Crippen molar-refractivity contribution in [2.45, 2.75) is 31.8 Å². The third-order valence-corrected chi connectivity index (χ3v) is 6.00. The number of amides is 1. The number of nitro benzene ring substituents is 2. The van der Waals surface area contributed by atoms with Crippen LogP contribution in [-0.2, 0) is 13.0 Å². The molecule has 0 spiro atoms. The highest BCUT2D eigenvalue weighted by molar-refractivity contribution is 5.95. The van der Waals surface area contributed by atoms with Gasteiger partial charge in [0.25, 0.3) is 17.3 Å². The molecule has 2 aromatic carbocycles.